The van der Waals surface area contributed by atoms with Gasteiger partial charge >= 0.3 is 0 Å². The third-order valence-electron chi connectivity index (χ3n) is 5.66. The van der Waals surface area contributed by atoms with Crippen molar-refractivity contribution in [1.82, 2.24) is 10.2 Å². The second kappa shape index (κ2) is 11.7. The van der Waals surface area contributed by atoms with Crippen LogP contribution in [0.3, 0.4) is 0 Å². The van der Waals surface area contributed by atoms with Gasteiger partial charge < -0.3 is 10.6 Å². The molecule has 1 aliphatic rings. The highest BCUT2D eigenvalue weighted by atomic mass is 32.2. The Kier molecular flexibility index (Phi) is 8.17. The Morgan fingerprint density at radius 2 is 1.76 bits per heavy atom. The quantitative estimate of drug-likeness (QED) is 0.323. The minimum Gasteiger partial charge on any atom is -0.352 e. The number of hydrogen-bond donors (Lipinski definition) is 2. The number of rotatable bonds is 9. The van der Waals surface area contributed by atoms with Crippen molar-refractivity contribution in [2.45, 2.75) is 24.8 Å². The van der Waals surface area contributed by atoms with Crippen LogP contribution >= 0.6 is 11.8 Å². The van der Waals surface area contributed by atoms with E-state index in [1.54, 1.807) is 6.07 Å². The second-order valence-corrected chi connectivity index (χ2v) is 9.23. The lowest BCUT2D eigenvalue weighted by Crippen LogP contribution is -2.30. The van der Waals surface area contributed by atoms with Gasteiger partial charge in [-0.15, -0.1) is 0 Å². The summed E-state index contributed by atoms with van der Waals surface area (Å²) in [5.74, 6) is -0.282. The first-order valence-electron chi connectivity index (χ1n) is 11.6. The van der Waals surface area contributed by atoms with Crippen LogP contribution in [0.1, 0.15) is 34.8 Å². The van der Waals surface area contributed by atoms with E-state index in [1.807, 2.05) is 54.6 Å². The molecule has 0 aliphatic carbocycles. The molecule has 0 bridgehead atoms. The number of benzene rings is 3. The number of amides is 2. The molecule has 3 aromatic rings. The van der Waals surface area contributed by atoms with E-state index < -0.39 is 0 Å². The van der Waals surface area contributed by atoms with Gasteiger partial charge in [-0.1, -0.05) is 79.3 Å². The monoisotopic (exact) mass is 471 g/mol. The van der Waals surface area contributed by atoms with Crippen molar-refractivity contribution in [3.8, 4) is 0 Å². The highest BCUT2D eigenvalue weighted by molar-refractivity contribution is 8.04. The summed E-state index contributed by atoms with van der Waals surface area (Å²) in [6.07, 6.45) is 2.75. The molecule has 0 unspecified atom stereocenters. The van der Waals surface area contributed by atoms with Gasteiger partial charge in [0.05, 0.1) is 10.6 Å². The molecule has 0 saturated heterocycles. The zero-order valence-electron chi connectivity index (χ0n) is 19.3. The van der Waals surface area contributed by atoms with Crippen LogP contribution < -0.4 is 10.6 Å². The Hall–Kier alpha value is -3.35. The number of carbonyl (C=O) groups excluding carboxylic acids is 2. The fourth-order valence-corrected chi connectivity index (χ4v) is 4.73. The molecule has 3 aromatic carbocycles. The van der Waals surface area contributed by atoms with Crippen LogP contribution in [-0.2, 0) is 11.3 Å². The summed E-state index contributed by atoms with van der Waals surface area (Å²) in [5.41, 5.74) is 3.49. The molecule has 1 aliphatic heterocycles. The first-order chi connectivity index (χ1) is 16.6. The Morgan fingerprint density at radius 1 is 1.03 bits per heavy atom. The SMILES string of the molecule is CCN(CCCNC(=O)c1ccc2c(c1)NC(=O)C(=Cc1ccccc1)S2)Cc1ccccc1. The van der Waals surface area contributed by atoms with Crippen molar-refractivity contribution in [2.24, 2.45) is 0 Å². The Balaban J connectivity index is 1.30. The van der Waals surface area contributed by atoms with Crippen LogP contribution in [0.2, 0.25) is 0 Å². The van der Waals surface area contributed by atoms with Crippen LogP contribution in [0.4, 0.5) is 5.69 Å². The van der Waals surface area contributed by atoms with Gasteiger partial charge in [-0.2, -0.15) is 0 Å². The second-order valence-electron chi connectivity index (χ2n) is 8.15. The highest BCUT2D eigenvalue weighted by Crippen LogP contribution is 2.39. The van der Waals surface area contributed by atoms with E-state index in [2.05, 4.69) is 46.7 Å². The lowest BCUT2D eigenvalue weighted by molar-refractivity contribution is -0.112. The molecule has 174 valence electrons. The molecule has 6 heteroatoms. The first-order valence-corrected chi connectivity index (χ1v) is 12.4. The smallest absolute Gasteiger partial charge is 0.262 e. The largest absolute Gasteiger partial charge is 0.352 e. The summed E-state index contributed by atoms with van der Waals surface area (Å²) < 4.78 is 0. The highest BCUT2D eigenvalue weighted by Gasteiger charge is 2.22. The predicted octanol–water partition coefficient (Wildman–Crippen LogP) is 5.41. The van der Waals surface area contributed by atoms with Crippen LogP contribution in [0.25, 0.3) is 6.08 Å². The molecule has 0 spiro atoms. The van der Waals surface area contributed by atoms with E-state index >= 15 is 0 Å². The number of nitrogens with one attached hydrogen (secondary N) is 2. The Labute approximate surface area is 205 Å². The third-order valence-corrected chi connectivity index (χ3v) is 6.76. The third kappa shape index (κ3) is 6.37. The molecule has 0 saturated carbocycles. The number of carbonyl (C=O) groups is 2. The maximum Gasteiger partial charge on any atom is 0.262 e. The summed E-state index contributed by atoms with van der Waals surface area (Å²) in [5, 5.41) is 5.93. The molecule has 2 amide bonds. The lowest BCUT2D eigenvalue weighted by Gasteiger charge is -2.21. The van der Waals surface area contributed by atoms with Gasteiger partial charge in [-0.3, -0.25) is 14.5 Å². The number of hydrogen-bond acceptors (Lipinski definition) is 4. The van der Waals surface area contributed by atoms with Crippen LogP contribution in [0, 0.1) is 0 Å². The van der Waals surface area contributed by atoms with Crippen molar-refractivity contribution < 1.29 is 9.59 Å². The van der Waals surface area contributed by atoms with Gasteiger partial charge in [-0.05, 0) is 48.4 Å². The molecule has 1 heterocycles. The van der Waals surface area contributed by atoms with Crippen molar-refractivity contribution in [1.29, 1.82) is 0 Å². The zero-order valence-corrected chi connectivity index (χ0v) is 20.1. The predicted molar refractivity (Wildman–Crippen MR) is 140 cm³/mol. The Bertz CT molecular complexity index is 1160. The fourth-order valence-electron chi connectivity index (χ4n) is 3.80. The van der Waals surface area contributed by atoms with Crippen LogP contribution in [0.15, 0.2) is 88.7 Å². The Morgan fingerprint density at radius 3 is 2.50 bits per heavy atom. The first kappa shape index (κ1) is 23.8. The normalized spacial score (nSPS) is 14.1. The average molecular weight is 472 g/mol. The zero-order chi connectivity index (χ0) is 23.8. The maximum atomic E-state index is 12.7. The van der Waals surface area contributed by atoms with Crippen molar-refractivity contribution in [3.63, 3.8) is 0 Å². The van der Waals surface area contributed by atoms with E-state index in [0.717, 1.165) is 36.5 Å². The number of fused-ring (bicyclic) bond motifs is 1. The van der Waals surface area contributed by atoms with Gasteiger partial charge in [0.2, 0.25) is 0 Å². The van der Waals surface area contributed by atoms with Crippen molar-refractivity contribution in [2.75, 3.05) is 25.0 Å². The van der Waals surface area contributed by atoms with E-state index in [0.29, 0.717) is 22.7 Å². The number of thioether (sulfide) groups is 1. The lowest BCUT2D eigenvalue weighted by atomic mass is 10.1. The van der Waals surface area contributed by atoms with Crippen molar-refractivity contribution in [3.05, 3.63) is 100 Å². The van der Waals surface area contributed by atoms with Crippen LogP contribution in [0.5, 0.6) is 0 Å². The topological polar surface area (TPSA) is 61.4 Å². The minimum absolute atomic E-state index is 0.126. The maximum absolute atomic E-state index is 12.7. The van der Waals surface area contributed by atoms with Gasteiger partial charge in [-0.25, -0.2) is 0 Å². The molecule has 4 rings (SSSR count). The standard InChI is InChI=1S/C28H29N3O2S/c1-2-31(20-22-12-7-4-8-13-22)17-9-16-29-27(32)23-14-15-25-24(19-23)30-28(33)26(34-25)18-21-10-5-3-6-11-21/h3-8,10-15,18-19H,2,9,16-17,20H2,1H3,(H,29,32)(H,30,33). The molecule has 0 aromatic heterocycles. The number of anilines is 1. The summed E-state index contributed by atoms with van der Waals surface area (Å²) >= 11 is 1.42. The molecule has 0 fully saturated rings. The van der Waals surface area contributed by atoms with Gasteiger partial charge in [0.1, 0.15) is 0 Å². The number of nitrogens with zero attached hydrogens (tertiary/aromatic N) is 1. The summed E-state index contributed by atoms with van der Waals surface area (Å²) in [6.45, 7) is 5.55. The van der Waals surface area contributed by atoms with E-state index in [1.165, 1.54) is 17.3 Å². The molecule has 0 atom stereocenters. The van der Waals surface area contributed by atoms with E-state index in [4.69, 9.17) is 0 Å². The summed E-state index contributed by atoms with van der Waals surface area (Å²) in [6, 6.07) is 25.6. The molecular formula is C28H29N3O2S. The molecular weight excluding hydrogens is 442 g/mol. The summed E-state index contributed by atoms with van der Waals surface area (Å²) in [7, 11) is 0. The van der Waals surface area contributed by atoms with Crippen molar-refractivity contribution >= 4 is 35.3 Å². The molecule has 0 radical (unpaired) electrons. The van der Waals surface area contributed by atoms with E-state index in [9.17, 15) is 9.59 Å². The fraction of sp³-hybridized carbons (Fsp3) is 0.214. The van der Waals surface area contributed by atoms with Crippen LogP contribution in [-0.4, -0.2) is 36.3 Å². The average Bonchev–Trinajstić information content (AvgIpc) is 2.87. The molecule has 2 N–H and O–H groups in total. The van der Waals surface area contributed by atoms with E-state index in [-0.39, 0.29) is 11.8 Å². The summed E-state index contributed by atoms with van der Waals surface area (Å²) in [4.78, 5) is 29.2. The van der Waals surface area contributed by atoms with Gasteiger partial charge in [0.25, 0.3) is 11.8 Å². The molecule has 34 heavy (non-hydrogen) atoms. The van der Waals surface area contributed by atoms with Gasteiger partial charge in [0, 0.05) is 30.1 Å². The van der Waals surface area contributed by atoms with Gasteiger partial charge in [0.15, 0.2) is 0 Å². The molecule has 5 nitrogen and oxygen atoms in total. The minimum atomic E-state index is -0.156.